The van der Waals surface area contributed by atoms with Crippen LogP contribution in [-0.4, -0.2) is 39.8 Å². The molecular weight excluding hydrogens is 254 g/mol. The van der Waals surface area contributed by atoms with E-state index in [1.165, 1.54) is 0 Å². The van der Waals surface area contributed by atoms with E-state index in [-0.39, 0.29) is 6.03 Å². The van der Waals surface area contributed by atoms with Crippen molar-refractivity contribution >= 4 is 17.7 Å². The van der Waals surface area contributed by atoms with Crippen LogP contribution in [0.15, 0.2) is 41.7 Å². The molecule has 0 saturated carbocycles. The number of urea groups is 1. The molecule has 0 fully saturated rings. The predicted molar refractivity (Wildman–Crippen MR) is 74.7 cm³/mol. The van der Waals surface area contributed by atoms with Crippen LogP contribution in [0.2, 0.25) is 0 Å². The van der Waals surface area contributed by atoms with Gasteiger partial charge in [0.2, 0.25) is 0 Å². The standard InChI is InChI=1S/C14H13N5O/c20-14-18-7-6-15-12(18)11-13(17-9-16-11)19(14)8-10-4-2-1-3-5-10/h1-5,9H,6-8H2,(H,16,17). The molecule has 2 aliphatic heterocycles. The minimum absolute atomic E-state index is 0.0512. The Labute approximate surface area is 115 Å². The van der Waals surface area contributed by atoms with E-state index in [1.54, 1.807) is 16.1 Å². The lowest BCUT2D eigenvalue weighted by atomic mass is 10.2. The lowest BCUT2D eigenvalue weighted by Crippen LogP contribution is -2.49. The van der Waals surface area contributed by atoms with Crippen molar-refractivity contribution in [3.63, 3.8) is 0 Å². The van der Waals surface area contributed by atoms with Crippen LogP contribution in [0, 0.1) is 0 Å². The number of carbonyl (C=O) groups excluding carboxylic acids is 1. The van der Waals surface area contributed by atoms with Crippen molar-refractivity contribution in [3.05, 3.63) is 47.9 Å². The maximum atomic E-state index is 12.6. The van der Waals surface area contributed by atoms with E-state index in [0.29, 0.717) is 31.3 Å². The van der Waals surface area contributed by atoms with Gasteiger partial charge in [0.25, 0.3) is 0 Å². The SMILES string of the molecule is O=C1N2CCN=C2c2[nH]cnc2N1Cc1ccccc1. The minimum atomic E-state index is -0.0512. The van der Waals surface area contributed by atoms with E-state index in [0.717, 1.165) is 11.3 Å². The summed E-state index contributed by atoms with van der Waals surface area (Å²) >= 11 is 0. The van der Waals surface area contributed by atoms with Gasteiger partial charge in [-0.3, -0.25) is 14.8 Å². The molecule has 6 nitrogen and oxygen atoms in total. The number of benzene rings is 1. The number of hydrogen-bond donors (Lipinski definition) is 1. The Hall–Kier alpha value is -2.63. The second kappa shape index (κ2) is 4.19. The first-order chi connectivity index (χ1) is 9.84. The lowest BCUT2D eigenvalue weighted by Gasteiger charge is -2.32. The molecule has 0 saturated heterocycles. The number of fused-ring (bicyclic) bond motifs is 3. The highest BCUT2D eigenvalue weighted by molar-refractivity contribution is 6.18. The molecule has 2 aromatic rings. The number of aliphatic imine (C=N–C) groups is 1. The lowest BCUT2D eigenvalue weighted by molar-refractivity contribution is 0.228. The van der Waals surface area contributed by atoms with E-state index >= 15 is 0 Å². The predicted octanol–water partition coefficient (Wildman–Crippen LogP) is 1.61. The van der Waals surface area contributed by atoms with Crippen LogP contribution in [0.3, 0.4) is 0 Å². The first-order valence-corrected chi connectivity index (χ1v) is 6.56. The molecule has 6 heteroatoms. The summed E-state index contributed by atoms with van der Waals surface area (Å²) in [6, 6.07) is 9.87. The Balaban J connectivity index is 1.75. The quantitative estimate of drug-likeness (QED) is 0.898. The van der Waals surface area contributed by atoms with E-state index in [9.17, 15) is 4.79 Å². The van der Waals surface area contributed by atoms with Crippen LogP contribution >= 0.6 is 0 Å². The average molecular weight is 267 g/mol. The Bertz CT molecular complexity index is 691. The van der Waals surface area contributed by atoms with Crippen LogP contribution < -0.4 is 4.90 Å². The number of anilines is 1. The Morgan fingerprint density at radius 3 is 2.95 bits per heavy atom. The van der Waals surface area contributed by atoms with Crippen LogP contribution in [0.25, 0.3) is 0 Å². The summed E-state index contributed by atoms with van der Waals surface area (Å²) in [5, 5.41) is 0. The summed E-state index contributed by atoms with van der Waals surface area (Å²) in [6.07, 6.45) is 1.61. The number of H-pyrrole nitrogens is 1. The van der Waals surface area contributed by atoms with E-state index in [1.807, 2.05) is 30.3 Å². The van der Waals surface area contributed by atoms with Gasteiger partial charge in [0, 0.05) is 6.54 Å². The van der Waals surface area contributed by atoms with Crippen molar-refractivity contribution in [2.45, 2.75) is 6.54 Å². The molecule has 0 atom stereocenters. The smallest absolute Gasteiger partial charge is 0.331 e. The van der Waals surface area contributed by atoms with Crippen molar-refractivity contribution in [3.8, 4) is 0 Å². The maximum Gasteiger partial charge on any atom is 0.331 e. The number of amidine groups is 1. The maximum absolute atomic E-state index is 12.6. The zero-order chi connectivity index (χ0) is 13.5. The molecule has 100 valence electrons. The summed E-state index contributed by atoms with van der Waals surface area (Å²) in [5.74, 6) is 1.38. The summed E-state index contributed by atoms with van der Waals surface area (Å²) in [7, 11) is 0. The molecule has 1 aromatic carbocycles. The number of carbonyl (C=O) groups is 1. The fourth-order valence-corrected chi connectivity index (χ4v) is 2.65. The number of nitrogens with zero attached hydrogens (tertiary/aromatic N) is 4. The van der Waals surface area contributed by atoms with Crippen molar-refractivity contribution in [2.75, 3.05) is 18.0 Å². The summed E-state index contributed by atoms with van der Waals surface area (Å²) in [4.78, 5) is 27.8. The van der Waals surface area contributed by atoms with Crippen molar-refractivity contribution < 1.29 is 4.79 Å². The molecule has 20 heavy (non-hydrogen) atoms. The van der Waals surface area contributed by atoms with Gasteiger partial charge in [0.05, 0.1) is 19.4 Å². The topological polar surface area (TPSA) is 64.6 Å². The number of amides is 2. The first-order valence-electron chi connectivity index (χ1n) is 6.56. The Morgan fingerprint density at radius 1 is 1.25 bits per heavy atom. The molecule has 0 unspecified atom stereocenters. The van der Waals surface area contributed by atoms with E-state index in [4.69, 9.17) is 0 Å². The second-order valence-electron chi connectivity index (χ2n) is 4.81. The summed E-state index contributed by atoms with van der Waals surface area (Å²) < 4.78 is 0. The molecule has 1 aromatic heterocycles. The highest BCUT2D eigenvalue weighted by Gasteiger charge is 2.38. The number of hydrogen-bond acceptors (Lipinski definition) is 3. The van der Waals surface area contributed by atoms with Crippen LogP contribution in [0.5, 0.6) is 0 Å². The van der Waals surface area contributed by atoms with Gasteiger partial charge in [-0.2, -0.15) is 0 Å². The van der Waals surface area contributed by atoms with Gasteiger partial charge >= 0.3 is 6.03 Å². The third-order valence-electron chi connectivity index (χ3n) is 3.58. The van der Waals surface area contributed by atoms with Crippen LogP contribution in [-0.2, 0) is 6.54 Å². The molecule has 4 rings (SSSR count). The molecule has 0 bridgehead atoms. The third-order valence-corrected chi connectivity index (χ3v) is 3.58. The number of aromatic amines is 1. The molecule has 0 aliphatic carbocycles. The van der Waals surface area contributed by atoms with E-state index < -0.39 is 0 Å². The number of imidazole rings is 1. The number of nitrogens with one attached hydrogen (secondary N) is 1. The molecule has 1 N–H and O–H groups in total. The van der Waals surface area contributed by atoms with Crippen LogP contribution in [0.1, 0.15) is 11.3 Å². The zero-order valence-corrected chi connectivity index (χ0v) is 10.8. The highest BCUT2D eigenvalue weighted by Crippen LogP contribution is 2.29. The van der Waals surface area contributed by atoms with Gasteiger partial charge in [-0.1, -0.05) is 30.3 Å². The summed E-state index contributed by atoms with van der Waals surface area (Å²) in [6.45, 7) is 1.80. The van der Waals surface area contributed by atoms with Gasteiger partial charge < -0.3 is 4.98 Å². The fourth-order valence-electron chi connectivity index (χ4n) is 2.65. The second-order valence-corrected chi connectivity index (χ2v) is 4.81. The van der Waals surface area contributed by atoms with Gasteiger partial charge in [-0.05, 0) is 5.56 Å². The van der Waals surface area contributed by atoms with Gasteiger partial charge in [0.15, 0.2) is 11.7 Å². The normalized spacial score (nSPS) is 17.0. The van der Waals surface area contributed by atoms with Crippen molar-refractivity contribution in [2.24, 2.45) is 4.99 Å². The molecule has 0 spiro atoms. The summed E-state index contributed by atoms with van der Waals surface area (Å²) in [5.41, 5.74) is 1.91. The third kappa shape index (κ3) is 1.54. The molecular formula is C14H13N5O. The van der Waals surface area contributed by atoms with Crippen LogP contribution in [0.4, 0.5) is 10.6 Å². The average Bonchev–Trinajstić information content (AvgIpc) is 3.12. The zero-order valence-electron chi connectivity index (χ0n) is 10.8. The van der Waals surface area contributed by atoms with Gasteiger partial charge in [-0.25, -0.2) is 9.78 Å². The highest BCUT2D eigenvalue weighted by atomic mass is 16.2. The Morgan fingerprint density at radius 2 is 2.10 bits per heavy atom. The molecule has 2 amide bonds. The number of rotatable bonds is 2. The Kier molecular flexibility index (Phi) is 2.35. The van der Waals surface area contributed by atoms with Gasteiger partial charge in [0.1, 0.15) is 5.69 Å². The first kappa shape index (κ1) is 11.2. The van der Waals surface area contributed by atoms with Crippen molar-refractivity contribution in [1.82, 2.24) is 14.9 Å². The molecule has 2 aliphatic rings. The fraction of sp³-hybridized carbons (Fsp3) is 0.214. The number of aromatic nitrogens is 2. The minimum Gasteiger partial charge on any atom is -0.340 e. The van der Waals surface area contributed by atoms with Gasteiger partial charge in [-0.15, -0.1) is 0 Å². The van der Waals surface area contributed by atoms with Crippen molar-refractivity contribution in [1.29, 1.82) is 0 Å². The largest absolute Gasteiger partial charge is 0.340 e. The van der Waals surface area contributed by atoms with E-state index in [2.05, 4.69) is 15.0 Å². The molecule has 0 radical (unpaired) electrons. The monoisotopic (exact) mass is 267 g/mol. The molecule has 3 heterocycles.